The van der Waals surface area contributed by atoms with Crippen molar-refractivity contribution in [2.24, 2.45) is 0 Å². The third-order valence-corrected chi connectivity index (χ3v) is 1.24. The molecular weight excluding hydrogens is 186 g/mol. The second-order valence-electron chi connectivity index (χ2n) is 2.19. The first kappa shape index (κ1) is 9.72. The van der Waals surface area contributed by atoms with Crippen LogP contribution in [0.2, 0.25) is 0 Å². The highest BCUT2D eigenvalue weighted by molar-refractivity contribution is 5.92. The van der Waals surface area contributed by atoms with E-state index in [1.807, 2.05) is 0 Å². The number of halogens is 2. The van der Waals surface area contributed by atoms with Crippen molar-refractivity contribution in [1.29, 1.82) is 0 Å². The van der Waals surface area contributed by atoms with Crippen LogP contribution in [0.15, 0.2) is 4.63 Å². The molecule has 1 rings (SSSR count). The van der Waals surface area contributed by atoms with Gasteiger partial charge in [0.15, 0.2) is 11.5 Å². The molecule has 0 aliphatic heterocycles. The summed E-state index contributed by atoms with van der Waals surface area (Å²) in [4.78, 5) is 10.8. The first-order valence-electron chi connectivity index (χ1n) is 3.33. The lowest BCUT2D eigenvalue weighted by Gasteiger charge is -1.98. The molecule has 72 valence electrons. The average molecular weight is 192 g/mol. The van der Waals surface area contributed by atoms with Gasteiger partial charge in [-0.1, -0.05) is 5.16 Å². The maximum absolute atomic E-state index is 11.6. The van der Waals surface area contributed by atoms with Gasteiger partial charge in [-0.25, -0.2) is 4.63 Å². The zero-order chi connectivity index (χ0) is 9.84. The molecule has 0 saturated carbocycles. The van der Waals surface area contributed by atoms with Crippen molar-refractivity contribution >= 4 is 5.78 Å². The summed E-state index contributed by atoms with van der Waals surface area (Å²) in [6.45, 7) is -2.17. The highest BCUT2D eigenvalue weighted by Gasteiger charge is 2.15. The van der Waals surface area contributed by atoms with Gasteiger partial charge in [0.1, 0.15) is 12.3 Å². The monoisotopic (exact) mass is 192 g/mol. The molecule has 0 spiro atoms. The van der Waals surface area contributed by atoms with E-state index in [-0.39, 0.29) is 11.4 Å². The third-order valence-electron chi connectivity index (χ3n) is 1.24. The number of carbonyl (C=O) groups excluding carboxylic acids is 1. The summed E-state index contributed by atoms with van der Waals surface area (Å²) >= 11 is 0. The van der Waals surface area contributed by atoms with Crippen LogP contribution in [0.25, 0.3) is 0 Å². The van der Waals surface area contributed by atoms with Crippen LogP contribution >= 0.6 is 0 Å². The van der Waals surface area contributed by atoms with Crippen LogP contribution in [0, 0.1) is 0 Å². The molecule has 0 aromatic carbocycles. The molecule has 7 heteroatoms. The van der Waals surface area contributed by atoms with Crippen molar-refractivity contribution < 1.29 is 22.9 Å². The Morgan fingerprint density at radius 3 is 2.85 bits per heavy atom. The lowest BCUT2D eigenvalue weighted by Crippen LogP contribution is -2.04. The fraction of sp³-hybridized carbons (Fsp3) is 0.500. The van der Waals surface area contributed by atoms with E-state index in [9.17, 15) is 13.6 Å². The smallest absolute Gasteiger partial charge is 0.316 e. The first-order valence-corrected chi connectivity index (χ1v) is 3.33. The summed E-state index contributed by atoms with van der Waals surface area (Å²) in [5.74, 6) is -0.408. The summed E-state index contributed by atoms with van der Waals surface area (Å²) < 4.78 is 31.3. The molecule has 0 N–H and O–H groups in total. The summed E-state index contributed by atoms with van der Waals surface area (Å²) in [7, 11) is 0. The Labute approximate surface area is 71.6 Å². The minimum atomic E-state index is -2.91. The van der Waals surface area contributed by atoms with Crippen LogP contribution < -0.4 is 0 Å². The Kier molecular flexibility index (Phi) is 3.02. The number of hydrogen-bond donors (Lipinski definition) is 0. The maximum Gasteiger partial charge on any atom is 0.345 e. The Balaban J connectivity index is 2.65. The third kappa shape index (κ3) is 2.55. The first-order chi connectivity index (χ1) is 6.11. The molecule has 1 aromatic heterocycles. The van der Waals surface area contributed by atoms with Crippen molar-refractivity contribution in [3.05, 3.63) is 11.4 Å². The largest absolute Gasteiger partial charge is 0.345 e. The average Bonchev–Trinajstić information content (AvgIpc) is 2.47. The topological polar surface area (TPSA) is 65.2 Å². The highest BCUT2D eigenvalue weighted by atomic mass is 19.3. The molecule has 0 saturated heterocycles. The number of Topliss-reactive ketones (excluding diaryl/α,β-unsaturated/α-hetero) is 1. The zero-order valence-corrected chi connectivity index (χ0v) is 6.66. The minimum Gasteiger partial charge on any atom is -0.316 e. The van der Waals surface area contributed by atoms with Gasteiger partial charge in [0.25, 0.3) is 0 Å². The van der Waals surface area contributed by atoms with Crippen LogP contribution in [-0.2, 0) is 11.3 Å². The van der Waals surface area contributed by atoms with Crippen LogP contribution in [0.3, 0.4) is 0 Å². The second-order valence-corrected chi connectivity index (χ2v) is 2.19. The molecule has 0 radical (unpaired) electrons. The van der Waals surface area contributed by atoms with Crippen LogP contribution in [0.5, 0.6) is 0 Å². The van der Waals surface area contributed by atoms with Crippen molar-refractivity contribution in [3.63, 3.8) is 0 Å². The predicted molar refractivity (Wildman–Crippen MR) is 35.1 cm³/mol. The Morgan fingerprint density at radius 1 is 1.62 bits per heavy atom. The fourth-order valence-corrected chi connectivity index (χ4v) is 0.711. The Morgan fingerprint density at radius 2 is 2.31 bits per heavy atom. The summed E-state index contributed by atoms with van der Waals surface area (Å²) in [6.07, 6.45) is 0. The quantitative estimate of drug-likeness (QED) is 0.666. The van der Waals surface area contributed by atoms with E-state index in [2.05, 4.69) is 19.7 Å². The van der Waals surface area contributed by atoms with Gasteiger partial charge in [-0.2, -0.15) is 8.78 Å². The number of alkyl halides is 2. The Bertz CT molecular complexity index is 300. The lowest BCUT2D eigenvalue weighted by molar-refractivity contribution is -0.138. The van der Waals surface area contributed by atoms with E-state index in [0.717, 1.165) is 0 Å². The van der Waals surface area contributed by atoms with E-state index in [1.54, 1.807) is 0 Å². The highest BCUT2D eigenvalue weighted by Crippen LogP contribution is 2.07. The van der Waals surface area contributed by atoms with E-state index in [1.165, 1.54) is 6.92 Å². The van der Waals surface area contributed by atoms with Crippen molar-refractivity contribution in [3.8, 4) is 0 Å². The summed E-state index contributed by atoms with van der Waals surface area (Å²) in [6, 6.07) is 0. The number of carbonyl (C=O) groups is 1. The molecule has 13 heavy (non-hydrogen) atoms. The van der Waals surface area contributed by atoms with Crippen molar-refractivity contribution in [1.82, 2.24) is 10.3 Å². The summed E-state index contributed by atoms with van der Waals surface area (Å²) in [5.41, 5.74) is -0.103. The number of rotatable bonds is 4. The van der Waals surface area contributed by atoms with Gasteiger partial charge in [0.2, 0.25) is 0 Å². The van der Waals surface area contributed by atoms with Gasteiger partial charge < -0.3 is 4.74 Å². The zero-order valence-electron chi connectivity index (χ0n) is 6.66. The predicted octanol–water partition coefficient (Wildman–Crippen LogP) is 1.01. The molecule has 1 aromatic rings. The van der Waals surface area contributed by atoms with Gasteiger partial charge >= 0.3 is 6.61 Å². The van der Waals surface area contributed by atoms with E-state index >= 15 is 0 Å². The molecule has 0 bridgehead atoms. The van der Waals surface area contributed by atoms with Crippen LogP contribution in [0.1, 0.15) is 23.1 Å². The normalized spacial score (nSPS) is 10.8. The van der Waals surface area contributed by atoms with Crippen molar-refractivity contribution in [2.75, 3.05) is 0 Å². The van der Waals surface area contributed by atoms with Gasteiger partial charge in [-0.05, 0) is 5.16 Å². The van der Waals surface area contributed by atoms with Crippen LogP contribution in [-0.4, -0.2) is 22.7 Å². The molecule has 0 aliphatic carbocycles. The van der Waals surface area contributed by atoms with E-state index in [0.29, 0.717) is 0 Å². The van der Waals surface area contributed by atoms with Crippen molar-refractivity contribution in [2.45, 2.75) is 20.1 Å². The van der Waals surface area contributed by atoms with Gasteiger partial charge in [0.05, 0.1) is 0 Å². The molecule has 0 unspecified atom stereocenters. The molecule has 1 heterocycles. The number of ether oxygens (including phenoxy) is 1. The Hall–Kier alpha value is -1.37. The van der Waals surface area contributed by atoms with Gasteiger partial charge in [-0.15, -0.1) is 0 Å². The number of hydrogen-bond acceptors (Lipinski definition) is 5. The maximum atomic E-state index is 11.6. The molecule has 0 aliphatic rings. The number of ketones is 1. The molecule has 0 fully saturated rings. The second kappa shape index (κ2) is 4.04. The van der Waals surface area contributed by atoms with E-state index in [4.69, 9.17) is 0 Å². The molecule has 5 nitrogen and oxygen atoms in total. The SMILES string of the molecule is CC(=O)c1nonc1COC(F)F. The standard InChI is InChI=1S/C6H6F2N2O3/c1-3(11)5-4(9-13-10-5)2-12-6(7)8/h6H,2H2,1H3. The van der Waals surface area contributed by atoms with Gasteiger partial charge in [-0.3, -0.25) is 4.79 Å². The molecule has 0 amide bonds. The van der Waals surface area contributed by atoms with Gasteiger partial charge in [0, 0.05) is 6.92 Å². The number of aromatic nitrogens is 2. The summed E-state index contributed by atoms with van der Waals surface area (Å²) in [5, 5.41) is 6.48. The van der Waals surface area contributed by atoms with Crippen LogP contribution in [0.4, 0.5) is 8.78 Å². The minimum absolute atomic E-state index is 0.0206. The number of nitrogens with zero attached hydrogens (tertiary/aromatic N) is 2. The fourth-order valence-electron chi connectivity index (χ4n) is 0.711. The van der Waals surface area contributed by atoms with E-state index < -0.39 is 19.0 Å². The molecule has 0 atom stereocenters. The lowest BCUT2D eigenvalue weighted by atomic mass is 10.2. The molecular formula is C6H6F2N2O3.